The summed E-state index contributed by atoms with van der Waals surface area (Å²) < 4.78 is 13.5. The van der Waals surface area contributed by atoms with E-state index in [1.54, 1.807) is 12.3 Å². The van der Waals surface area contributed by atoms with Crippen LogP contribution in [0.1, 0.15) is 38.5 Å². The highest BCUT2D eigenvalue weighted by atomic mass is 35.5. The van der Waals surface area contributed by atoms with Crippen molar-refractivity contribution in [1.82, 2.24) is 24.8 Å². The fraction of sp³-hybridized carbons (Fsp3) is 0.409. The van der Waals surface area contributed by atoms with Crippen molar-refractivity contribution < 1.29 is 9.18 Å². The summed E-state index contributed by atoms with van der Waals surface area (Å²) in [6.07, 6.45) is 8.63. The molecule has 5 rings (SSSR count). The number of rotatable bonds is 5. The lowest BCUT2D eigenvalue weighted by atomic mass is 9.90. The van der Waals surface area contributed by atoms with Crippen LogP contribution in [0, 0.1) is 5.82 Å². The van der Waals surface area contributed by atoms with Crippen LogP contribution in [0.2, 0.25) is 5.02 Å². The molecule has 1 aromatic carbocycles. The summed E-state index contributed by atoms with van der Waals surface area (Å²) in [6, 6.07) is 4.97. The summed E-state index contributed by atoms with van der Waals surface area (Å²) in [5, 5.41) is 6.58. The lowest BCUT2D eigenvalue weighted by Crippen LogP contribution is -2.41. The van der Waals surface area contributed by atoms with E-state index in [9.17, 15) is 9.18 Å². The Kier molecular flexibility index (Phi) is 5.73. The molecule has 0 atom stereocenters. The van der Waals surface area contributed by atoms with Gasteiger partial charge >= 0.3 is 0 Å². The van der Waals surface area contributed by atoms with E-state index in [0.29, 0.717) is 46.9 Å². The average Bonchev–Trinajstić information content (AvgIpc) is 3.23. The molecule has 2 N–H and O–H groups in total. The molecule has 3 heterocycles. The van der Waals surface area contributed by atoms with E-state index in [4.69, 9.17) is 11.6 Å². The predicted molar refractivity (Wildman–Crippen MR) is 120 cm³/mol. The molecule has 32 heavy (non-hydrogen) atoms. The van der Waals surface area contributed by atoms with E-state index in [1.165, 1.54) is 18.5 Å². The Morgan fingerprint density at radius 2 is 1.97 bits per heavy atom. The number of carbonyl (C=O) groups excluding carboxylic acids is 1. The van der Waals surface area contributed by atoms with Crippen LogP contribution in [0.5, 0.6) is 0 Å². The largest absolute Gasteiger partial charge is 0.351 e. The zero-order chi connectivity index (χ0) is 22.1. The Morgan fingerprint density at radius 1 is 1.12 bits per heavy atom. The lowest BCUT2D eigenvalue weighted by Gasteiger charge is -2.34. The number of anilines is 3. The van der Waals surface area contributed by atoms with E-state index in [2.05, 4.69) is 35.5 Å². The second-order valence-electron chi connectivity index (χ2n) is 8.24. The Bertz CT molecular complexity index is 1150. The molecule has 166 valence electrons. The highest BCUT2D eigenvalue weighted by molar-refractivity contribution is 6.31. The van der Waals surface area contributed by atoms with Crippen molar-refractivity contribution in [3.63, 3.8) is 0 Å². The Morgan fingerprint density at radius 3 is 2.72 bits per heavy atom. The third-order valence-corrected chi connectivity index (χ3v) is 6.43. The first-order valence-electron chi connectivity index (χ1n) is 10.8. The normalized spacial score (nSPS) is 21.2. The van der Waals surface area contributed by atoms with Crippen molar-refractivity contribution in [3.8, 4) is 0 Å². The van der Waals surface area contributed by atoms with Crippen LogP contribution < -0.4 is 10.6 Å². The second-order valence-corrected chi connectivity index (χ2v) is 8.65. The van der Waals surface area contributed by atoms with Gasteiger partial charge in [0.05, 0.1) is 11.2 Å². The zero-order valence-electron chi connectivity index (χ0n) is 17.4. The standard InChI is InChI=1S/C22H23ClFN7O/c23-16-10-14(5-8-17(16)24)28-21-20-18(26-12-27-21)11-25-22(30-20)29-13-3-6-15(7-4-13)31-9-1-2-19(31)32/h5,8,10-13,15H,1-4,6-7,9H2,(H,25,29,30)(H,26,27,28). The quantitative estimate of drug-likeness (QED) is 0.592. The summed E-state index contributed by atoms with van der Waals surface area (Å²) in [5.74, 6) is 0.803. The summed E-state index contributed by atoms with van der Waals surface area (Å²) in [6.45, 7) is 0.893. The first-order chi connectivity index (χ1) is 15.6. The van der Waals surface area contributed by atoms with Crippen molar-refractivity contribution >= 4 is 46.0 Å². The molecule has 1 amide bonds. The number of halogens is 2. The molecule has 0 bridgehead atoms. The van der Waals surface area contributed by atoms with Crippen LogP contribution in [0.25, 0.3) is 11.0 Å². The van der Waals surface area contributed by atoms with Gasteiger partial charge < -0.3 is 15.5 Å². The van der Waals surface area contributed by atoms with Gasteiger partial charge in [-0.15, -0.1) is 0 Å². The topological polar surface area (TPSA) is 95.9 Å². The molecular formula is C22H23ClFN7O. The summed E-state index contributed by atoms with van der Waals surface area (Å²) in [5.41, 5.74) is 1.75. The Hall–Kier alpha value is -3.07. The van der Waals surface area contributed by atoms with Crippen molar-refractivity contribution in [2.24, 2.45) is 0 Å². The van der Waals surface area contributed by atoms with Crippen molar-refractivity contribution in [2.75, 3.05) is 17.2 Å². The van der Waals surface area contributed by atoms with Gasteiger partial charge in [-0.1, -0.05) is 11.6 Å². The number of hydrogen-bond acceptors (Lipinski definition) is 7. The number of benzene rings is 1. The Balaban J connectivity index is 1.29. The summed E-state index contributed by atoms with van der Waals surface area (Å²) in [4.78, 5) is 31.6. The number of hydrogen-bond donors (Lipinski definition) is 2. The van der Waals surface area contributed by atoms with E-state index in [1.807, 2.05) is 0 Å². The molecule has 3 aromatic rings. The maximum absolute atomic E-state index is 13.5. The fourth-order valence-electron chi connectivity index (χ4n) is 4.50. The molecule has 0 unspecified atom stereocenters. The number of aromatic nitrogens is 4. The summed E-state index contributed by atoms with van der Waals surface area (Å²) in [7, 11) is 0. The molecular weight excluding hydrogens is 433 g/mol. The van der Waals surface area contributed by atoms with E-state index in [-0.39, 0.29) is 11.1 Å². The highest BCUT2D eigenvalue weighted by Crippen LogP contribution is 2.29. The van der Waals surface area contributed by atoms with Gasteiger partial charge in [-0.2, -0.15) is 0 Å². The molecule has 10 heteroatoms. The first kappa shape index (κ1) is 20.8. The van der Waals surface area contributed by atoms with Crippen molar-refractivity contribution in [2.45, 2.75) is 50.6 Å². The highest BCUT2D eigenvalue weighted by Gasteiger charge is 2.31. The molecule has 2 aromatic heterocycles. The van der Waals surface area contributed by atoms with Crippen LogP contribution in [0.4, 0.5) is 21.8 Å². The molecule has 0 radical (unpaired) electrons. The molecule has 2 aliphatic rings. The number of fused-ring (bicyclic) bond motifs is 1. The SMILES string of the molecule is O=C1CCCN1C1CCC(Nc2ncc3ncnc(Nc4ccc(F)c(Cl)c4)c3n2)CC1. The summed E-state index contributed by atoms with van der Waals surface area (Å²) >= 11 is 5.89. The van der Waals surface area contributed by atoms with Gasteiger partial charge in [-0.3, -0.25) is 4.79 Å². The van der Waals surface area contributed by atoms with Crippen LogP contribution in [-0.2, 0) is 4.79 Å². The van der Waals surface area contributed by atoms with E-state index >= 15 is 0 Å². The molecule has 1 saturated carbocycles. The van der Waals surface area contributed by atoms with Crippen LogP contribution in [-0.4, -0.2) is 49.4 Å². The predicted octanol–water partition coefficient (Wildman–Crippen LogP) is 4.30. The minimum Gasteiger partial charge on any atom is -0.351 e. The van der Waals surface area contributed by atoms with Gasteiger partial charge in [0, 0.05) is 30.7 Å². The van der Waals surface area contributed by atoms with E-state index in [0.717, 1.165) is 38.6 Å². The average molecular weight is 456 g/mol. The van der Waals surface area contributed by atoms with Crippen LogP contribution >= 0.6 is 11.6 Å². The number of nitrogens with one attached hydrogen (secondary N) is 2. The number of carbonyl (C=O) groups is 1. The minimum absolute atomic E-state index is 0.0246. The van der Waals surface area contributed by atoms with E-state index < -0.39 is 5.82 Å². The molecule has 0 spiro atoms. The minimum atomic E-state index is -0.484. The number of nitrogens with zero attached hydrogens (tertiary/aromatic N) is 5. The van der Waals surface area contributed by atoms with Crippen LogP contribution in [0.3, 0.4) is 0 Å². The first-order valence-corrected chi connectivity index (χ1v) is 11.2. The third kappa shape index (κ3) is 4.29. The van der Waals surface area contributed by atoms with Crippen LogP contribution in [0.15, 0.2) is 30.7 Å². The van der Waals surface area contributed by atoms with Crippen molar-refractivity contribution in [1.29, 1.82) is 0 Å². The monoisotopic (exact) mass is 455 g/mol. The zero-order valence-corrected chi connectivity index (χ0v) is 18.1. The molecule has 1 saturated heterocycles. The lowest BCUT2D eigenvalue weighted by molar-refractivity contribution is -0.130. The maximum atomic E-state index is 13.5. The van der Waals surface area contributed by atoms with Gasteiger partial charge in [0.15, 0.2) is 5.82 Å². The molecule has 8 nitrogen and oxygen atoms in total. The van der Waals surface area contributed by atoms with Gasteiger partial charge in [0.2, 0.25) is 11.9 Å². The second kappa shape index (κ2) is 8.82. The van der Waals surface area contributed by atoms with Crippen molar-refractivity contribution in [3.05, 3.63) is 41.6 Å². The van der Waals surface area contributed by atoms with Gasteiger partial charge in [0.1, 0.15) is 23.2 Å². The third-order valence-electron chi connectivity index (χ3n) is 6.14. The Labute approximate surface area is 189 Å². The maximum Gasteiger partial charge on any atom is 0.223 e. The molecule has 2 fully saturated rings. The van der Waals surface area contributed by atoms with Gasteiger partial charge in [0.25, 0.3) is 0 Å². The smallest absolute Gasteiger partial charge is 0.223 e. The number of likely N-dealkylation sites (tertiary alicyclic amines) is 1. The molecule has 1 aliphatic heterocycles. The number of amides is 1. The van der Waals surface area contributed by atoms with Gasteiger partial charge in [-0.25, -0.2) is 24.3 Å². The molecule has 1 aliphatic carbocycles. The fourth-order valence-corrected chi connectivity index (χ4v) is 4.68. The van der Waals surface area contributed by atoms with Gasteiger partial charge in [-0.05, 0) is 50.3 Å².